The highest BCUT2D eigenvalue weighted by Gasteiger charge is 2.31. The first-order valence-corrected chi connectivity index (χ1v) is 7.63. The Morgan fingerprint density at radius 2 is 2.10 bits per heavy atom. The number of urea groups is 1. The van der Waals surface area contributed by atoms with E-state index >= 15 is 0 Å². The third kappa shape index (κ3) is 4.31. The van der Waals surface area contributed by atoms with E-state index in [2.05, 4.69) is 10.2 Å². The molecule has 2 unspecified atom stereocenters. The lowest BCUT2D eigenvalue weighted by Gasteiger charge is -2.27. The van der Waals surface area contributed by atoms with E-state index in [1.807, 2.05) is 0 Å². The largest absolute Gasteiger partial charge is 0.480 e. The molecule has 0 bridgehead atoms. The molecule has 0 saturated carbocycles. The van der Waals surface area contributed by atoms with Crippen LogP contribution in [0.5, 0.6) is 0 Å². The number of hydrogen-bond donors (Lipinski definition) is 2. The predicted molar refractivity (Wildman–Crippen MR) is 77.2 cm³/mol. The molecule has 21 heavy (non-hydrogen) atoms. The normalized spacial score (nSPS) is 24.2. The zero-order valence-electron chi connectivity index (χ0n) is 12.6. The van der Waals surface area contributed by atoms with Gasteiger partial charge in [0.25, 0.3) is 0 Å². The third-order valence-corrected chi connectivity index (χ3v) is 4.30. The van der Waals surface area contributed by atoms with Crippen molar-refractivity contribution in [3.8, 4) is 0 Å². The maximum Gasteiger partial charge on any atom is 0.326 e. The molecule has 120 valence electrons. The number of nitrogens with one attached hydrogen (secondary N) is 1. The second-order valence-corrected chi connectivity index (χ2v) is 5.75. The third-order valence-electron chi connectivity index (χ3n) is 4.30. The number of carbonyl (C=O) groups excluding carboxylic acids is 1. The van der Waals surface area contributed by atoms with Gasteiger partial charge in [-0.3, -0.25) is 4.90 Å². The van der Waals surface area contributed by atoms with Crippen molar-refractivity contribution in [3.05, 3.63) is 0 Å². The average Bonchev–Trinajstić information content (AvgIpc) is 2.79. The maximum atomic E-state index is 12.3. The monoisotopic (exact) mass is 299 g/mol. The van der Waals surface area contributed by atoms with Crippen LogP contribution in [0.1, 0.15) is 25.7 Å². The van der Waals surface area contributed by atoms with Crippen molar-refractivity contribution in [1.29, 1.82) is 0 Å². The van der Waals surface area contributed by atoms with E-state index < -0.39 is 12.0 Å². The van der Waals surface area contributed by atoms with Gasteiger partial charge in [0, 0.05) is 45.8 Å². The van der Waals surface area contributed by atoms with Gasteiger partial charge in [0.05, 0.1) is 0 Å². The van der Waals surface area contributed by atoms with E-state index in [-0.39, 0.29) is 12.5 Å². The molecule has 0 aromatic carbocycles. The van der Waals surface area contributed by atoms with Gasteiger partial charge in [0.15, 0.2) is 0 Å². The number of ether oxygens (including phenoxy) is 1. The molecule has 0 spiro atoms. The van der Waals surface area contributed by atoms with E-state index in [4.69, 9.17) is 9.84 Å². The van der Waals surface area contributed by atoms with Crippen LogP contribution in [0.2, 0.25) is 0 Å². The van der Waals surface area contributed by atoms with Gasteiger partial charge in [-0.25, -0.2) is 9.59 Å². The molecule has 2 atom stereocenters. The fraction of sp³-hybridized carbons (Fsp3) is 0.857. The Morgan fingerprint density at radius 1 is 1.33 bits per heavy atom. The molecule has 2 aliphatic heterocycles. The number of carboxylic acids is 1. The van der Waals surface area contributed by atoms with Crippen LogP contribution in [0.25, 0.3) is 0 Å². The Morgan fingerprint density at radius 3 is 2.81 bits per heavy atom. The Hall–Kier alpha value is -1.34. The van der Waals surface area contributed by atoms with Gasteiger partial charge < -0.3 is 20.1 Å². The van der Waals surface area contributed by atoms with Crippen molar-refractivity contribution in [2.45, 2.75) is 37.8 Å². The molecule has 0 aromatic heterocycles. The van der Waals surface area contributed by atoms with E-state index in [0.717, 1.165) is 25.9 Å². The summed E-state index contributed by atoms with van der Waals surface area (Å²) in [5, 5.41) is 11.8. The summed E-state index contributed by atoms with van der Waals surface area (Å²) in [5.74, 6) is -1.02. The molecule has 2 N–H and O–H groups in total. The van der Waals surface area contributed by atoms with Crippen LogP contribution in [0, 0.1) is 0 Å². The van der Waals surface area contributed by atoms with Gasteiger partial charge in [0.1, 0.15) is 6.04 Å². The summed E-state index contributed by atoms with van der Waals surface area (Å²) in [6.45, 7) is 3.84. The molecule has 2 fully saturated rings. The van der Waals surface area contributed by atoms with Crippen LogP contribution in [0.4, 0.5) is 4.79 Å². The minimum atomic E-state index is -1.02. The number of hydrogen-bond acceptors (Lipinski definition) is 4. The van der Waals surface area contributed by atoms with E-state index in [0.29, 0.717) is 25.7 Å². The Kier molecular flexibility index (Phi) is 5.81. The van der Waals surface area contributed by atoms with Gasteiger partial charge in [-0.1, -0.05) is 0 Å². The fourth-order valence-electron chi connectivity index (χ4n) is 3.12. The molecule has 0 aromatic rings. The number of rotatable bonds is 5. The van der Waals surface area contributed by atoms with Crippen molar-refractivity contribution >= 4 is 12.0 Å². The lowest BCUT2D eigenvalue weighted by atomic mass is 10.2. The Balaban J connectivity index is 1.90. The van der Waals surface area contributed by atoms with Crippen LogP contribution >= 0.6 is 0 Å². The molecule has 0 radical (unpaired) electrons. The second-order valence-electron chi connectivity index (χ2n) is 5.75. The SMILES string of the molecule is COCCC(NC(=O)N1CCCN2CCCC2C1)C(=O)O. The van der Waals surface area contributed by atoms with Crippen molar-refractivity contribution in [3.63, 3.8) is 0 Å². The molecular formula is C14H25N3O4. The number of fused-ring (bicyclic) bond motifs is 1. The zero-order valence-corrected chi connectivity index (χ0v) is 12.6. The smallest absolute Gasteiger partial charge is 0.326 e. The highest BCUT2D eigenvalue weighted by atomic mass is 16.5. The van der Waals surface area contributed by atoms with E-state index in [9.17, 15) is 9.59 Å². The fourth-order valence-corrected chi connectivity index (χ4v) is 3.12. The second kappa shape index (κ2) is 7.61. The van der Waals surface area contributed by atoms with Crippen LogP contribution in [0.3, 0.4) is 0 Å². The molecule has 2 aliphatic rings. The minimum absolute atomic E-state index is 0.271. The van der Waals surface area contributed by atoms with Gasteiger partial charge in [-0.05, 0) is 25.8 Å². The molecule has 0 aliphatic carbocycles. The van der Waals surface area contributed by atoms with Gasteiger partial charge in [-0.15, -0.1) is 0 Å². The molecule has 7 nitrogen and oxygen atoms in total. The first kappa shape index (κ1) is 16.0. The standard InChI is InChI=1S/C14H25N3O4/c1-21-9-5-12(13(18)19)15-14(20)17-8-3-7-16-6-2-4-11(16)10-17/h11-12H,2-10H2,1H3,(H,15,20)(H,18,19). The molecular weight excluding hydrogens is 274 g/mol. The zero-order chi connectivity index (χ0) is 15.2. The summed E-state index contributed by atoms with van der Waals surface area (Å²) >= 11 is 0. The lowest BCUT2D eigenvalue weighted by molar-refractivity contribution is -0.139. The topological polar surface area (TPSA) is 82.1 Å². The highest BCUT2D eigenvalue weighted by molar-refractivity contribution is 5.82. The summed E-state index contributed by atoms with van der Waals surface area (Å²) in [4.78, 5) is 27.7. The van der Waals surface area contributed by atoms with E-state index in [1.54, 1.807) is 4.90 Å². The van der Waals surface area contributed by atoms with Crippen molar-refractivity contribution in [2.75, 3.05) is 39.9 Å². The Bertz CT molecular complexity index is 377. The van der Waals surface area contributed by atoms with Crippen molar-refractivity contribution in [1.82, 2.24) is 15.1 Å². The lowest BCUT2D eigenvalue weighted by Crippen LogP contribution is -2.50. The average molecular weight is 299 g/mol. The first-order chi connectivity index (χ1) is 10.1. The van der Waals surface area contributed by atoms with Gasteiger partial charge in [0.2, 0.25) is 0 Å². The Labute approximate surface area is 125 Å². The summed E-state index contributed by atoms with van der Waals surface area (Å²) in [6.07, 6.45) is 3.53. The van der Waals surface area contributed by atoms with Gasteiger partial charge in [-0.2, -0.15) is 0 Å². The molecule has 2 heterocycles. The highest BCUT2D eigenvalue weighted by Crippen LogP contribution is 2.21. The summed E-state index contributed by atoms with van der Waals surface area (Å²) in [7, 11) is 1.52. The number of amides is 2. The predicted octanol–water partition coefficient (Wildman–Crippen LogP) is 0.356. The van der Waals surface area contributed by atoms with Gasteiger partial charge >= 0.3 is 12.0 Å². The van der Waals surface area contributed by atoms with Crippen LogP contribution < -0.4 is 5.32 Å². The summed E-state index contributed by atoms with van der Waals surface area (Å²) < 4.78 is 4.89. The molecule has 2 saturated heterocycles. The minimum Gasteiger partial charge on any atom is -0.480 e. The van der Waals surface area contributed by atoms with Crippen LogP contribution in [-0.2, 0) is 9.53 Å². The van der Waals surface area contributed by atoms with Crippen molar-refractivity contribution < 1.29 is 19.4 Å². The number of nitrogens with zero attached hydrogens (tertiary/aromatic N) is 2. The first-order valence-electron chi connectivity index (χ1n) is 7.63. The molecule has 2 rings (SSSR count). The summed E-state index contributed by atoms with van der Waals surface area (Å²) in [5.41, 5.74) is 0. The molecule has 2 amide bonds. The quantitative estimate of drug-likeness (QED) is 0.766. The van der Waals surface area contributed by atoms with Crippen LogP contribution in [0.15, 0.2) is 0 Å². The number of methoxy groups -OCH3 is 1. The number of carbonyl (C=O) groups is 2. The number of carboxylic acid groups (broad SMARTS) is 1. The van der Waals surface area contributed by atoms with Crippen LogP contribution in [-0.4, -0.2) is 78.9 Å². The van der Waals surface area contributed by atoms with E-state index in [1.165, 1.54) is 13.5 Å². The number of aliphatic carboxylic acids is 1. The van der Waals surface area contributed by atoms with Crippen molar-refractivity contribution in [2.24, 2.45) is 0 Å². The molecule has 7 heteroatoms. The maximum absolute atomic E-state index is 12.3. The summed E-state index contributed by atoms with van der Waals surface area (Å²) in [6, 6.07) is -0.729.